The van der Waals surface area contributed by atoms with Crippen molar-refractivity contribution in [3.63, 3.8) is 0 Å². The van der Waals surface area contributed by atoms with E-state index >= 15 is 0 Å². The fourth-order valence-electron chi connectivity index (χ4n) is 4.79. The molecule has 41 heavy (non-hydrogen) atoms. The molecule has 9 heteroatoms. The van der Waals surface area contributed by atoms with Crippen LogP contribution in [0.4, 0.5) is 10.2 Å². The van der Waals surface area contributed by atoms with Gasteiger partial charge in [-0.05, 0) is 83.3 Å². The fourth-order valence-corrected chi connectivity index (χ4v) is 4.79. The molecular formula is C32H43FN6O2. The molecule has 1 aliphatic rings. The standard InChI is InChI=1S/C22H25FN4O.C10H18N2O/c1-15(2)27-13-19(23)22-18(14-28)10-17(11-20(22)27)16-4-5-21(24-12-16)26-8-6-25(3)7-9-26;1-8(5-9(2)12-4)10(7-13)6-11-3/h4-5,10-15H,6-9H2,1-3H3;5,7,11-12H,6H2,1-4H3/b;9-5-,10-8-. The Labute approximate surface area is 242 Å². The lowest BCUT2D eigenvalue weighted by molar-refractivity contribution is -0.105. The Kier molecular flexibility index (Phi) is 11.4. The van der Waals surface area contributed by atoms with Gasteiger partial charge in [0.25, 0.3) is 0 Å². The Morgan fingerprint density at radius 2 is 1.78 bits per heavy atom. The highest BCUT2D eigenvalue weighted by Crippen LogP contribution is 2.32. The first kappa shape index (κ1) is 31.7. The first-order valence-electron chi connectivity index (χ1n) is 14.0. The van der Waals surface area contributed by atoms with Gasteiger partial charge >= 0.3 is 0 Å². The van der Waals surface area contributed by atoms with Gasteiger partial charge in [-0.1, -0.05) is 0 Å². The van der Waals surface area contributed by atoms with E-state index < -0.39 is 0 Å². The number of likely N-dealkylation sites (N-methyl/N-ethyl adjacent to an activating group) is 2. The van der Waals surface area contributed by atoms with Crippen LogP contribution in [0.3, 0.4) is 0 Å². The number of carbonyl (C=O) groups excluding carboxylic acids is 2. The fraction of sp³-hybridized carbons (Fsp3) is 0.406. The third kappa shape index (κ3) is 7.89. The first-order chi connectivity index (χ1) is 19.6. The Bertz CT molecular complexity index is 1400. The maximum atomic E-state index is 14.4. The average Bonchev–Trinajstić information content (AvgIpc) is 3.32. The van der Waals surface area contributed by atoms with Gasteiger partial charge in [0, 0.05) is 86.0 Å². The number of nitrogens with zero attached hydrogens (tertiary/aromatic N) is 4. The van der Waals surface area contributed by atoms with E-state index in [1.165, 1.54) is 6.20 Å². The number of pyridine rings is 1. The summed E-state index contributed by atoms with van der Waals surface area (Å²) in [7, 11) is 5.81. The van der Waals surface area contributed by atoms with Crippen molar-refractivity contribution in [2.75, 3.05) is 58.8 Å². The van der Waals surface area contributed by atoms with Crippen molar-refractivity contribution in [2.24, 2.45) is 0 Å². The molecule has 2 aromatic heterocycles. The number of halogens is 1. The van der Waals surface area contributed by atoms with Crippen LogP contribution in [0, 0.1) is 5.82 Å². The van der Waals surface area contributed by atoms with E-state index in [1.807, 2.05) is 76.8 Å². The second-order valence-corrected chi connectivity index (χ2v) is 10.7. The SMILES string of the molecule is CC(C)n1cc(F)c2c(C=O)cc(-c3ccc(N4CCN(C)CC4)nc3)cc21.CNC/C(C=O)=C(C)/C=C(/C)NC. The van der Waals surface area contributed by atoms with Crippen LogP contribution in [0.15, 0.2) is 59.6 Å². The van der Waals surface area contributed by atoms with Crippen LogP contribution in [-0.4, -0.2) is 80.9 Å². The number of rotatable bonds is 9. The lowest BCUT2D eigenvalue weighted by atomic mass is 10.0. The number of nitrogens with one attached hydrogen (secondary N) is 2. The number of piperazine rings is 1. The lowest BCUT2D eigenvalue weighted by Crippen LogP contribution is -2.44. The van der Waals surface area contributed by atoms with Crippen LogP contribution in [0.2, 0.25) is 0 Å². The molecule has 8 nitrogen and oxygen atoms in total. The summed E-state index contributed by atoms with van der Waals surface area (Å²) in [6.45, 7) is 12.5. The van der Waals surface area contributed by atoms with E-state index in [9.17, 15) is 14.0 Å². The number of aldehydes is 2. The van der Waals surface area contributed by atoms with E-state index in [-0.39, 0.29) is 11.9 Å². The molecule has 1 aliphatic heterocycles. The van der Waals surface area contributed by atoms with Gasteiger partial charge in [-0.3, -0.25) is 9.59 Å². The smallest absolute Gasteiger partial charge is 0.150 e. The summed E-state index contributed by atoms with van der Waals surface area (Å²) in [6.07, 6.45) is 6.89. The molecule has 2 N–H and O–H groups in total. The van der Waals surface area contributed by atoms with Gasteiger partial charge in [-0.25, -0.2) is 9.37 Å². The molecule has 0 amide bonds. The molecule has 0 bridgehead atoms. The van der Waals surface area contributed by atoms with Crippen molar-refractivity contribution in [3.05, 3.63) is 71.0 Å². The van der Waals surface area contributed by atoms with Gasteiger partial charge < -0.3 is 25.0 Å². The normalized spacial score (nSPS) is 15.0. The van der Waals surface area contributed by atoms with Crippen molar-refractivity contribution in [1.82, 2.24) is 25.1 Å². The van der Waals surface area contributed by atoms with Crippen molar-refractivity contribution >= 4 is 29.3 Å². The van der Waals surface area contributed by atoms with E-state index in [0.29, 0.717) is 17.5 Å². The van der Waals surface area contributed by atoms with Crippen molar-refractivity contribution in [3.8, 4) is 11.1 Å². The van der Waals surface area contributed by atoms with Crippen molar-refractivity contribution in [1.29, 1.82) is 0 Å². The van der Waals surface area contributed by atoms with Crippen LogP contribution >= 0.6 is 0 Å². The monoisotopic (exact) mass is 562 g/mol. The summed E-state index contributed by atoms with van der Waals surface area (Å²) < 4.78 is 16.3. The van der Waals surface area contributed by atoms with Crippen LogP contribution in [0.1, 0.15) is 44.1 Å². The molecule has 0 unspecified atom stereocenters. The maximum Gasteiger partial charge on any atom is 0.150 e. The Hall–Kier alpha value is -3.82. The maximum absolute atomic E-state index is 14.4. The van der Waals surface area contributed by atoms with Crippen LogP contribution < -0.4 is 15.5 Å². The number of hydrogen-bond acceptors (Lipinski definition) is 7. The molecule has 0 saturated carbocycles. The van der Waals surface area contributed by atoms with Crippen molar-refractivity contribution < 1.29 is 14.0 Å². The van der Waals surface area contributed by atoms with E-state index in [1.54, 1.807) is 6.07 Å². The van der Waals surface area contributed by atoms with Gasteiger partial charge in [0.15, 0.2) is 6.29 Å². The zero-order valence-corrected chi connectivity index (χ0v) is 25.3. The van der Waals surface area contributed by atoms with Gasteiger partial charge in [0.05, 0.1) is 5.52 Å². The summed E-state index contributed by atoms with van der Waals surface area (Å²) in [4.78, 5) is 31.5. The summed E-state index contributed by atoms with van der Waals surface area (Å²) in [5.41, 5.74) is 5.72. The molecule has 3 aromatic rings. The number of carbonyl (C=O) groups is 2. The van der Waals surface area contributed by atoms with Crippen LogP contribution in [0.5, 0.6) is 0 Å². The quantitative estimate of drug-likeness (QED) is 0.220. The molecule has 3 heterocycles. The van der Waals surface area contributed by atoms with Crippen LogP contribution in [0.25, 0.3) is 22.0 Å². The zero-order valence-electron chi connectivity index (χ0n) is 25.3. The molecule has 0 spiro atoms. The predicted octanol–water partition coefficient (Wildman–Crippen LogP) is 4.83. The summed E-state index contributed by atoms with van der Waals surface area (Å²) in [6, 6.07) is 7.83. The third-order valence-electron chi connectivity index (χ3n) is 7.35. The molecule has 1 fully saturated rings. The molecular weight excluding hydrogens is 519 g/mol. The summed E-state index contributed by atoms with van der Waals surface area (Å²) in [5.74, 6) is 0.603. The number of hydrogen-bond donors (Lipinski definition) is 2. The molecule has 1 aromatic carbocycles. The second-order valence-electron chi connectivity index (χ2n) is 10.7. The highest BCUT2D eigenvalue weighted by Gasteiger charge is 2.18. The average molecular weight is 563 g/mol. The third-order valence-corrected chi connectivity index (χ3v) is 7.35. The highest BCUT2D eigenvalue weighted by molar-refractivity contribution is 6.00. The van der Waals surface area contributed by atoms with Gasteiger partial charge in [-0.2, -0.15) is 0 Å². The topological polar surface area (TPSA) is 82.5 Å². The molecule has 0 aliphatic carbocycles. The number of aromatic nitrogens is 2. The summed E-state index contributed by atoms with van der Waals surface area (Å²) >= 11 is 0. The van der Waals surface area contributed by atoms with Gasteiger partial charge in [-0.15, -0.1) is 0 Å². The Morgan fingerprint density at radius 3 is 2.32 bits per heavy atom. The second kappa shape index (κ2) is 14.7. The minimum Gasteiger partial charge on any atom is -0.392 e. The minimum absolute atomic E-state index is 0.0967. The molecule has 220 valence electrons. The molecule has 0 atom stereocenters. The van der Waals surface area contributed by atoms with E-state index in [0.717, 1.165) is 78.1 Å². The largest absolute Gasteiger partial charge is 0.392 e. The number of fused-ring (bicyclic) bond motifs is 1. The van der Waals surface area contributed by atoms with Gasteiger partial charge in [0.1, 0.15) is 17.9 Å². The first-order valence-corrected chi connectivity index (χ1v) is 14.0. The molecule has 1 saturated heterocycles. The molecule has 4 rings (SSSR count). The zero-order chi connectivity index (χ0) is 30.1. The number of benzene rings is 1. The van der Waals surface area contributed by atoms with E-state index in [4.69, 9.17) is 0 Å². The highest BCUT2D eigenvalue weighted by atomic mass is 19.1. The van der Waals surface area contributed by atoms with Gasteiger partial charge in [0.2, 0.25) is 0 Å². The molecule has 0 radical (unpaired) electrons. The van der Waals surface area contributed by atoms with Crippen LogP contribution in [-0.2, 0) is 4.79 Å². The summed E-state index contributed by atoms with van der Waals surface area (Å²) in [5, 5.41) is 6.34. The minimum atomic E-state index is -0.360. The van der Waals surface area contributed by atoms with E-state index in [2.05, 4.69) is 32.5 Å². The van der Waals surface area contributed by atoms with Crippen molar-refractivity contribution in [2.45, 2.75) is 33.7 Å². The predicted molar refractivity (Wildman–Crippen MR) is 166 cm³/mol. The number of anilines is 1. The Balaban J connectivity index is 0.000000302. The number of allylic oxidation sites excluding steroid dienone is 3. The Morgan fingerprint density at radius 1 is 1.07 bits per heavy atom. The lowest BCUT2D eigenvalue weighted by Gasteiger charge is -2.33.